The van der Waals surface area contributed by atoms with Crippen LogP contribution in [0.3, 0.4) is 0 Å². The zero-order valence-electron chi connectivity index (χ0n) is 12.3. The summed E-state index contributed by atoms with van der Waals surface area (Å²) in [5.74, 6) is -0.311. The van der Waals surface area contributed by atoms with Crippen LogP contribution in [0.2, 0.25) is 0 Å². The third-order valence-electron chi connectivity index (χ3n) is 4.06. The monoisotopic (exact) mass is 324 g/mol. The van der Waals surface area contributed by atoms with Gasteiger partial charge >= 0.3 is 0 Å². The van der Waals surface area contributed by atoms with E-state index in [2.05, 4.69) is 5.32 Å². The molecule has 2 heterocycles. The fraction of sp³-hybridized carbons (Fsp3) is 0.533. The average Bonchev–Trinajstić information content (AvgIpc) is 3.16. The van der Waals surface area contributed by atoms with Gasteiger partial charge in [-0.05, 0) is 30.9 Å². The van der Waals surface area contributed by atoms with E-state index in [-0.39, 0.29) is 18.2 Å². The average molecular weight is 324 g/mol. The molecule has 0 aliphatic carbocycles. The molecule has 1 atom stereocenters. The van der Waals surface area contributed by atoms with Gasteiger partial charge < -0.3 is 10.1 Å². The van der Waals surface area contributed by atoms with Crippen molar-refractivity contribution in [1.82, 2.24) is 5.32 Å². The van der Waals surface area contributed by atoms with E-state index >= 15 is 0 Å². The number of hydrogen-bond acceptors (Lipinski definition) is 4. The summed E-state index contributed by atoms with van der Waals surface area (Å²) >= 11 is 0. The summed E-state index contributed by atoms with van der Waals surface area (Å²) in [6.45, 7) is 1.18. The van der Waals surface area contributed by atoms with E-state index in [1.54, 1.807) is 0 Å². The van der Waals surface area contributed by atoms with Crippen LogP contribution in [-0.2, 0) is 26.0 Å². The highest BCUT2D eigenvalue weighted by Gasteiger charge is 2.29. The van der Waals surface area contributed by atoms with E-state index in [1.165, 1.54) is 4.31 Å². The van der Waals surface area contributed by atoms with E-state index in [0.717, 1.165) is 24.1 Å². The van der Waals surface area contributed by atoms with Crippen LogP contribution in [0.4, 0.5) is 5.69 Å². The Morgan fingerprint density at radius 3 is 2.95 bits per heavy atom. The topological polar surface area (TPSA) is 75.7 Å². The van der Waals surface area contributed by atoms with Crippen molar-refractivity contribution >= 4 is 21.6 Å². The van der Waals surface area contributed by atoms with Gasteiger partial charge in [-0.1, -0.05) is 18.2 Å². The quantitative estimate of drug-likeness (QED) is 0.864. The van der Waals surface area contributed by atoms with Gasteiger partial charge in [-0.2, -0.15) is 0 Å². The molecule has 1 aromatic rings. The maximum atomic E-state index is 12.4. The van der Waals surface area contributed by atoms with Gasteiger partial charge in [0.1, 0.15) is 6.10 Å². The molecule has 1 aromatic carbocycles. The van der Waals surface area contributed by atoms with Gasteiger partial charge in [0, 0.05) is 19.7 Å². The fourth-order valence-electron chi connectivity index (χ4n) is 2.91. The van der Waals surface area contributed by atoms with Gasteiger partial charge in [0.25, 0.3) is 0 Å². The molecule has 1 amide bonds. The number of para-hydroxylation sites is 1. The molecule has 22 heavy (non-hydrogen) atoms. The lowest BCUT2D eigenvalue weighted by atomic mass is 10.2. The molecule has 1 fully saturated rings. The van der Waals surface area contributed by atoms with Crippen molar-refractivity contribution in [2.24, 2.45) is 0 Å². The highest BCUT2D eigenvalue weighted by Crippen LogP contribution is 2.29. The van der Waals surface area contributed by atoms with Crippen molar-refractivity contribution in [3.8, 4) is 0 Å². The lowest BCUT2D eigenvalue weighted by molar-refractivity contribution is -0.129. The van der Waals surface area contributed by atoms with Crippen molar-refractivity contribution in [1.29, 1.82) is 0 Å². The highest BCUT2D eigenvalue weighted by atomic mass is 32.2. The number of carbonyl (C=O) groups is 1. The van der Waals surface area contributed by atoms with E-state index in [9.17, 15) is 13.2 Å². The minimum Gasteiger partial charge on any atom is -0.368 e. The number of rotatable bonds is 5. The van der Waals surface area contributed by atoms with Crippen LogP contribution < -0.4 is 9.62 Å². The van der Waals surface area contributed by atoms with Crippen molar-refractivity contribution in [2.45, 2.75) is 25.4 Å². The Kier molecular flexibility index (Phi) is 4.35. The third-order valence-corrected chi connectivity index (χ3v) is 5.83. The van der Waals surface area contributed by atoms with Gasteiger partial charge in [-0.25, -0.2) is 8.42 Å². The number of nitrogens with one attached hydrogen (secondary N) is 1. The Bertz CT molecular complexity index is 653. The number of anilines is 1. The van der Waals surface area contributed by atoms with Crippen molar-refractivity contribution in [3.05, 3.63) is 29.8 Å². The predicted octanol–water partition coefficient (Wildman–Crippen LogP) is 0.674. The SMILES string of the molecule is O=C(NCCS(=O)(=O)N1CCc2ccccc21)C1CCCO1. The van der Waals surface area contributed by atoms with E-state index in [0.29, 0.717) is 19.6 Å². The number of fused-ring (bicyclic) bond motifs is 1. The summed E-state index contributed by atoms with van der Waals surface area (Å²) in [6, 6.07) is 7.53. The van der Waals surface area contributed by atoms with Crippen LogP contribution in [0.1, 0.15) is 18.4 Å². The number of carbonyl (C=O) groups excluding carboxylic acids is 1. The van der Waals surface area contributed by atoms with E-state index < -0.39 is 16.1 Å². The molecule has 0 aromatic heterocycles. The van der Waals surface area contributed by atoms with Crippen LogP contribution in [0.25, 0.3) is 0 Å². The van der Waals surface area contributed by atoms with E-state index in [1.807, 2.05) is 24.3 Å². The Morgan fingerprint density at radius 2 is 2.18 bits per heavy atom. The largest absolute Gasteiger partial charge is 0.368 e. The first-order chi connectivity index (χ1) is 10.6. The van der Waals surface area contributed by atoms with Crippen molar-refractivity contribution < 1.29 is 17.9 Å². The molecular formula is C15H20N2O4S. The summed E-state index contributed by atoms with van der Waals surface area (Å²) in [5, 5.41) is 2.66. The number of amides is 1. The van der Waals surface area contributed by atoms with Crippen molar-refractivity contribution in [3.63, 3.8) is 0 Å². The minimum absolute atomic E-state index is 0.0974. The van der Waals surface area contributed by atoms with Crippen LogP contribution in [0, 0.1) is 0 Å². The van der Waals surface area contributed by atoms with Crippen LogP contribution in [0.5, 0.6) is 0 Å². The molecular weight excluding hydrogens is 304 g/mol. The van der Waals surface area contributed by atoms with Gasteiger partial charge in [-0.15, -0.1) is 0 Å². The zero-order chi connectivity index (χ0) is 15.6. The van der Waals surface area contributed by atoms with Gasteiger partial charge in [-0.3, -0.25) is 9.10 Å². The Balaban J connectivity index is 1.57. The molecule has 0 bridgehead atoms. The number of ether oxygens (including phenoxy) is 1. The number of sulfonamides is 1. The van der Waals surface area contributed by atoms with Gasteiger partial charge in [0.05, 0.1) is 11.4 Å². The molecule has 0 saturated carbocycles. The molecule has 3 rings (SSSR count). The molecule has 2 aliphatic heterocycles. The molecule has 1 unspecified atom stereocenters. The number of nitrogens with zero attached hydrogens (tertiary/aromatic N) is 1. The molecule has 6 nitrogen and oxygen atoms in total. The van der Waals surface area contributed by atoms with E-state index in [4.69, 9.17) is 4.74 Å². The normalized spacial score (nSPS) is 20.9. The van der Waals surface area contributed by atoms with Gasteiger partial charge in [0.15, 0.2) is 0 Å². The second-order valence-corrected chi connectivity index (χ2v) is 7.57. The second-order valence-electron chi connectivity index (χ2n) is 5.56. The number of hydrogen-bond donors (Lipinski definition) is 1. The first-order valence-corrected chi connectivity index (χ1v) is 9.16. The van der Waals surface area contributed by atoms with Crippen LogP contribution in [0.15, 0.2) is 24.3 Å². The minimum atomic E-state index is -3.41. The Morgan fingerprint density at radius 1 is 1.36 bits per heavy atom. The third kappa shape index (κ3) is 3.10. The standard InChI is InChI=1S/C15H20N2O4S/c18-15(14-6-3-10-21-14)16-8-11-22(19,20)17-9-7-12-4-1-2-5-13(12)17/h1-2,4-5,14H,3,6-11H2,(H,16,18). The smallest absolute Gasteiger partial charge is 0.249 e. The highest BCUT2D eigenvalue weighted by molar-refractivity contribution is 7.92. The summed E-state index contributed by atoms with van der Waals surface area (Å²) in [4.78, 5) is 11.8. The summed E-state index contributed by atoms with van der Waals surface area (Å²) in [6.07, 6.45) is 1.90. The maximum Gasteiger partial charge on any atom is 0.249 e. The first-order valence-electron chi connectivity index (χ1n) is 7.55. The summed E-state index contributed by atoms with van der Waals surface area (Å²) < 4.78 is 31.6. The summed E-state index contributed by atoms with van der Waals surface area (Å²) in [7, 11) is -3.41. The molecule has 0 radical (unpaired) electrons. The lowest BCUT2D eigenvalue weighted by Crippen LogP contribution is -2.40. The van der Waals surface area contributed by atoms with Crippen LogP contribution >= 0.6 is 0 Å². The molecule has 7 heteroatoms. The Hall–Kier alpha value is -1.60. The first kappa shape index (κ1) is 15.3. The fourth-order valence-corrected chi connectivity index (χ4v) is 4.34. The maximum absolute atomic E-state index is 12.4. The van der Waals surface area contributed by atoms with Crippen molar-refractivity contribution in [2.75, 3.05) is 29.8 Å². The lowest BCUT2D eigenvalue weighted by Gasteiger charge is -2.20. The van der Waals surface area contributed by atoms with Crippen LogP contribution in [-0.4, -0.2) is 45.9 Å². The molecule has 1 saturated heterocycles. The molecule has 1 N–H and O–H groups in total. The predicted molar refractivity (Wildman–Crippen MR) is 83.3 cm³/mol. The molecule has 0 spiro atoms. The Labute approximate surface area is 130 Å². The van der Waals surface area contributed by atoms with Gasteiger partial charge in [0.2, 0.25) is 15.9 Å². The second kappa shape index (κ2) is 6.26. The summed E-state index contributed by atoms with van der Waals surface area (Å²) in [5.41, 5.74) is 1.81. The molecule has 2 aliphatic rings. The molecule has 120 valence electrons. The zero-order valence-corrected chi connectivity index (χ0v) is 13.1. The number of benzene rings is 1.